The number of nitrogens with one attached hydrogen (secondary N) is 1. The maximum atomic E-state index is 12.3. The summed E-state index contributed by atoms with van der Waals surface area (Å²) >= 11 is 0. The number of rotatable bonds is 7. The number of aryl methyl sites for hydroxylation is 1. The summed E-state index contributed by atoms with van der Waals surface area (Å²) in [6.45, 7) is 9.30. The highest BCUT2D eigenvalue weighted by molar-refractivity contribution is 5.75. The highest BCUT2D eigenvalue weighted by atomic mass is 16.2. The van der Waals surface area contributed by atoms with Crippen molar-refractivity contribution < 1.29 is 4.79 Å². The lowest BCUT2D eigenvalue weighted by Gasteiger charge is -2.40. The van der Waals surface area contributed by atoms with E-state index in [1.165, 1.54) is 76.0 Å². The van der Waals surface area contributed by atoms with Crippen LogP contribution in [0.15, 0.2) is 6.20 Å². The molecule has 2 heterocycles. The Hall–Kier alpha value is -1.40. The third kappa shape index (κ3) is 5.82. The van der Waals surface area contributed by atoms with Crippen molar-refractivity contribution in [2.24, 2.45) is 5.92 Å². The van der Waals surface area contributed by atoms with Crippen molar-refractivity contribution in [1.29, 1.82) is 0 Å². The van der Waals surface area contributed by atoms with Gasteiger partial charge in [-0.1, -0.05) is 26.2 Å². The van der Waals surface area contributed by atoms with Gasteiger partial charge in [0.25, 0.3) is 0 Å². The minimum Gasteiger partial charge on any atom is -0.354 e. The summed E-state index contributed by atoms with van der Waals surface area (Å²) in [5.74, 6) is 0.818. The number of carbonyl (C=O) groups excluding carboxylic acids is 1. The average molecular weight is 402 g/mol. The van der Waals surface area contributed by atoms with Gasteiger partial charge in [0.2, 0.25) is 5.91 Å². The van der Waals surface area contributed by atoms with Gasteiger partial charge in [-0.3, -0.25) is 14.4 Å². The number of aromatic nitrogens is 2. The second kappa shape index (κ2) is 10.1. The van der Waals surface area contributed by atoms with E-state index in [0.717, 1.165) is 44.3 Å². The molecular weight excluding hydrogens is 362 g/mol. The number of carbonyl (C=O) groups is 1. The van der Waals surface area contributed by atoms with Gasteiger partial charge in [0.05, 0.1) is 5.69 Å². The normalized spacial score (nSPS) is 24.4. The van der Waals surface area contributed by atoms with Crippen LogP contribution in [0.25, 0.3) is 0 Å². The second-order valence-corrected chi connectivity index (χ2v) is 9.52. The Balaban J connectivity index is 1.09. The molecule has 162 valence electrons. The molecule has 1 aromatic heterocycles. The second-order valence-electron chi connectivity index (χ2n) is 9.52. The molecule has 1 amide bonds. The zero-order valence-corrected chi connectivity index (χ0v) is 18.2. The maximum Gasteiger partial charge on any atom is 0.241 e. The van der Waals surface area contributed by atoms with Crippen molar-refractivity contribution in [2.75, 3.05) is 39.3 Å². The minimum absolute atomic E-state index is 0.0833. The van der Waals surface area contributed by atoms with Crippen LogP contribution in [0.4, 0.5) is 0 Å². The summed E-state index contributed by atoms with van der Waals surface area (Å²) in [5, 5.41) is 7.70. The zero-order valence-electron chi connectivity index (χ0n) is 18.2. The van der Waals surface area contributed by atoms with Crippen molar-refractivity contribution in [1.82, 2.24) is 24.9 Å². The third-order valence-electron chi connectivity index (χ3n) is 7.14. The molecule has 1 saturated carbocycles. The minimum atomic E-state index is 0.0833. The molecule has 1 unspecified atom stereocenters. The molecule has 2 fully saturated rings. The summed E-state index contributed by atoms with van der Waals surface area (Å²) in [5.41, 5.74) is 2.53. The molecule has 0 radical (unpaired) electrons. The van der Waals surface area contributed by atoms with Crippen molar-refractivity contribution >= 4 is 5.91 Å². The van der Waals surface area contributed by atoms with Crippen molar-refractivity contribution in [3.63, 3.8) is 0 Å². The lowest BCUT2D eigenvalue weighted by atomic mass is 9.89. The van der Waals surface area contributed by atoms with Crippen LogP contribution in [0, 0.1) is 5.92 Å². The van der Waals surface area contributed by atoms with E-state index in [2.05, 4.69) is 33.3 Å². The quantitative estimate of drug-likeness (QED) is 0.713. The molecule has 29 heavy (non-hydrogen) atoms. The summed E-state index contributed by atoms with van der Waals surface area (Å²) in [6, 6.07) is 0.848. The molecule has 0 aromatic carbocycles. The standard InChI is InChI=1S/C23H39N5O/c1-19-8-9-22-20(16-19)17-28(25-22)18-23(29)24-10-5-11-26-12-14-27(15-13-26)21-6-3-2-4-7-21/h17,19,21H,2-16,18H2,1H3,(H,24,29). The smallest absolute Gasteiger partial charge is 0.241 e. The Kier molecular flexibility index (Phi) is 7.24. The molecule has 1 atom stereocenters. The summed E-state index contributed by atoms with van der Waals surface area (Å²) < 4.78 is 1.84. The van der Waals surface area contributed by atoms with Gasteiger partial charge < -0.3 is 10.2 Å². The van der Waals surface area contributed by atoms with Crippen LogP contribution in [0.5, 0.6) is 0 Å². The topological polar surface area (TPSA) is 53.4 Å². The van der Waals surface area contributed by atoms with Crippen molar-refractivity contribution in [2.45, 2.75) is 77.3 Å². The molecule has 6 nitrogen and oxygen atoms in total. The fourth-order valence-electron chi connectivity index (χ4n) is 5.36. The van der Waals surface area contributed by atoms with E-state index in [-0.39, 0.29) is 5.91 Å². The largest absolute Gasteiger partial charge is 0.354 e. The van der Waals surface area contributed by atoms with Gasteiger partial charge in [-0.2, -0.15) is 5.10 Å². The fourth-order valence-corrected chi connectivity index (χ4v) is 5.36. The van der Waals surface area contributed by atoms with E-state index in [0.29, 0.717) is 6.54 Å². The van der Waals surface area contributed by atoms with Crippen LogP contribution in [0.1, 0.15) is 63.1 Å². The predicted molar refractivity (Wildman–Crippen MR) is 116 cm³/mol. The Bertz CT molecular complexity index is 658. The Morgan fingerprint density at radius 3 is 2.72 bits per heavy atom. The van der Waals surface area contributed by atoms with E-state index in [1.807, 2.05) is 4.68 Å². The molecule has 1 aliphatic heterocycles. The van der Waals surface area contributed by atoms with E-state index >= 15 is 0 Å². The molecule has 0 spiro atoms. The summed E-state index contributed by atoms with van der Waals surface area (Å²) in [7, 11) is 0. The van der Waals surface area contributed by atoms with E-state index in [1.54, 1.807) is 0 Å². The number of hydrogen-bond acceptors (Lipinski definition) is 4. The lowest BCUT2D eigenvalue weighted by molar-refractivity contribution is -0.121. The molecular formula is C23H39N5O. The number of fused-ring (bicyclic) bond motifs is 1. The first-order chi connectivity index (χ1) is 14.2. The first-order valence-corrected chi connectivity index (χ1v) is 12.0. The average Bonchev–Trinajstić information content (AvgIpc) is 3.13. The highest BCUT2D eigenvalue weighted by Crippen LogP contribution is 2.24. The molecule has 1 saturated heterocycles. The Labute approximate surface area is 176 Å². The first kappa shape index (κ1) is 20.9. The molecule has 3 aliphatic rings. The molecule has 2 aliphatic carbocycles. The van der Waals surface area contributed by atoms with Gasteiger partial charge in [-0.25, -0.2) is 0 Å². The predicted octanol–water partition coefficient (Wildman–Crippen LogP) is 2.46. The number of amides is 1. The Morgan fingerprint density at radius 1 is 1.14 bits per heavy atom. The number of hydrogen-bond donors (Lipinski definition) is 1. The fraction of sp³-hybridized carbons (Fsp3) is 0.826. The van der Waals surface area contributed by atoms with Gasteiger partial charge in [-0.15, -0.1) is 0 Å². The van der Waals surface area contributed by atoms with E-state index in [4.69, 9.17) is 0 Å². The maximum absolute atomic E-state index is 12.3. The van der Waals surface area contributed by atoms with Crippen molar-refractivity contribution in [3.05, 3.63) is 17.5 Å². The number of piperazine rings is 1. The van der Waals surface area contributed by atoms with Gasteiger partial charge in [-0.05, 0) is 56.6 Å². The molecule has 1 N–H and O–H groups in total. The Morgan fingerprint density at radius 2 is 1.93 bits per heavy atom. The first-order valence-electron chi connectivity index (χ1n) is 12.0. The molecule has 0 bridgehead atoms. The van der Waals surface area contributed by atoms with Crippen LogP contribution in [0.2, 0.25) is 0 Å². The SMILES string of the molecule is CC1CCc2nn(CC(=O)NCCCN3CCN(C4CCCCC4)CC3)cc2C1. The van der Waals surface area contributed by atoms with E-state index < -0.39 is 0 Å². The molecule has 1 aromatic rings. The van der Waals surface area contributed by atoms with Crippen LogP contribution in [0.3, 0.4) is 0 Å². The van der Waals surface area contributed by atoms with Gasteiger partial charge in [0.15, 0.2) is 0 Å². The van der Waals surface area contributed by atoms with Crippen LogP contribution in [-0.2, 0) is 24.2 Å². The lowest BCUT2D eigenvalue weighted by Crippen LogP contribution is -2.51. The number of nitrogens with zero attached hydrogens (tertiary/aromatic N) is 4. The summed E-state index contributed by atoms with van der Waals surface area (Å²) in [6.07, 6.45) is 13.6. The van der Waals surface area contributed by atoms with E-state index in [9.17, 15) is 4.79 Å². The monoisotopic (exact) mass is 401 g/mol. The molecule has 6 heteroatoms. The third-order valence-corrected chi connectivity index (χ3v) is 7.14. The van der Waals surface area contributed by atoms with Crippen molar-refractivity contribution in [3.8, 4) is 0 Å². The van der Waals surface area contributed by atoms with Crippen LogP contribution in [-0.4, -0.2) is 70.8 Å². The summed E-state index contributed by atoms with van der Waals surface area (Å²) in [4.78, 5) is 17.6. The van der Waals surface area contributed by atoms with Gasteiger partial charge >= 0.3 is 0 Å². The van der Waals surface area contributed by atoms with Crippen LogP contribution < -0.4 is 5.32 Å². The highest BCUT2D eigenvalue weighted by Gasteiger charge is 2.24. The van der Waals surface area contributed by atoms with Crippen LogP contribution >= 0.6 is 0 Å². The molecule has 4 rings (SSSR count). The van der Waals surface area contributed by atoms with Gasteiger partial charge in [0.1, 0.15) is 6.54 Å². The van der Waals surface area contributed by atoms with Gasteiger partial charge in [0, 0.05) is 45.0 Å². The zero-order chi connectivity index (χ0) is 20.1.